The van der Waals surface area contributed by atoms with E-state index in [1.165, 1.54) is 11.8 Å². The zero-order chi connectivity index (χ0) is 15.0. The van der Waals surface area contributed by atoms with Crippen LogP contribution >= 0.6 is 23.4 Å². The number of hydrogen-bond acceptors (Lipinski definition) is 3. The molecule has 0 heterocycles. The fourth-order valence-corrected chi connectivity index (χ4v) is 2.82. The summed E-state index contributed by atoms with van der Waals surface area (Å²) in [5.74, 6) is -0.669. The summed E-state index contributed by atoms with van der Waals surface area (Å²) in [4.78, 5) is 23.5. The summed E-state index contributed by atoms with van der Waals surface area (Å²) >= 11 is 7.49. The van der Waals surface area contributed by atoms with Gasteiger partial charge in [0.15, 0.2) is 0 Å². The molecule has 4 nitrogen and oxygen atoms in total. The third kappa shape index (κ3) is 5.84. The molecule has 1 aromatic carbocycles. The largest absolute Gasteiger partial charge is 0.480 e. The minimum atomic E-state index is -0.987. The van der Waals surface area contributed by atoms with Crippen LogP contribution in [0.25, 0.3) is 0 Å². The smallest absolute Gasteiger partial charge is 0.326 e. The molecule has 0 aliphatic rings. The highest BCUT2D eigenvalue weighted by Crippen LogP contribution is 2.26. The SMILES string of the molecule is CCC[C@H](NC(=O)CCSc1ccccc1Cl)C(=O)O. The molecule has 0 aromatic heterocycles. The number of amides is 1. The van der Waals surface area contributed by atoms with E-state index >= 15 is 0 Å². The lowest BCUT2D eigenvalue weighted by atomic mass is 10.1. The number of halogens is 1. The highest BCUT2D eigenvalue weighted by Gasteiger charge is 2.18. The zero-order valence-corrected chi connectivity index (χ0v) is 12.8. The molecule has 1 atom stereocenters. The van der Waals surface area contributed by atoms with Crippen LogP contribution in [0.4, 0.5) is 0 Å². The fraction of sp³-hybridized carbons (Fsp3) is 0.429. The Balaban J connectivity index is 2.36. The van der Waals surface area contributed by atoms with Crippen LogP contribution in [0.2, 0.25) is 5.02 Å². The van der Waals surface area contributed by atoms with Gasteiger partial charge in [-0.2, -0.15) is 0 Å². The lowest BCUT2D eigenvalue weighted by molar-refractivity contribution is -0.142. The molecule has 1 rings (SSSR count). The average Bonchev–Trinajstić information content (AvgIpc) is 2.40. The number of carbonyl (C=O) groups excluding carboxylic acids is 1. The van der Waals surface area contributed by atoms with Gasteiger partial charge in [0.2, 0.25) is 5.91 Å². The monoisotopic (exact) mass is 315 g/mol. The molecule has 0 spiro atoms. The first-order chi connectivity index (χ1) is 9.54. The van der Waals surface area contributed by atoms with E-state index < -0.39 is 12.0 Å². The number of nitrogens with one attached hydrogen (secondary N) is 1. The molecule has 0 aliphatic carbocycles. The first-order valence-electron chi connectivity index (χ1n) is 6.44. The molecule has 0 saturated carbocycles. The Bertz CT molecular complexity index is 467. The highest BCUT2D eigenvalue weighted by atomic mass is 35.5. The molecule has 2 N–H and O–H groups in total. The molecule has 6 heteroatoms. The summed E-state index contributed by atoms with van der Waals surface area (Å²) in [5.41, 5.74) is 0. The van der Waals surface area contributed by atoms with Gasteiger partial charge >= 0.3 is 5.97 Å². The summed E-state index contributed by atoms with van der Waals surface area (Å²) < 4.78 is 0. The van der Waals surface area contributed by atoms with Gasteiger partial charge in [-0.1, -0.05) is 37.1 Å². The fourth-order valence-electron chi connectivity index (χ4n) is 1.63. The maximum atomic E-state index is 11.7. The molecule has 1 amide bonds. The Kier molecular flexibility index (Phi) is 7.47. The van der Waals surface area contributed by atoms with Crippen molar-refractivity contribution in [2.45, 2.75) is 37.1 Å². The number of aliphatic carboxylic acids is 1. The van der Waals surface area contributed by atoms with Gasteiger partial charge in [-0.25, -0.2) is 4.79 Å². The quantitative estimate of drug-likeness (QED) is 0.723. The maximum Gasteiger partial charge on any atom is 0.326 e. The van der Waals surface area contributed by atoms with Crippen molar-refractivity contribution in [1.29, 1.82) is 0 Å². The van der Waals surface area contributed by atoms with E-state index in [4.69, 9.17) is 16.7 Å². The Morgan fingerprint density at radius 3 is 2.70 bits per heavy atom. The van der Waals surface area contributed by atoms with Crippen molar-refractivity contribution >= 4 is 35.2 Å². The molecule has 0 aliphatic heterocycles. The van der Waals surface area contributed by atoms with Gasteiger partial charge in [-0.3, -0.25) is 4.79 Å². The van der Waals surface area contributed by atoms with Crippen molar-refractivity contribution in [1.82, 2.24) is 5.32 Å². The van der Waals surface area contributed by atoms with Crippen LogP contribution in [0.3, 0.4) is 0 Å². The standard InChI is InChI=1S/C14H18ClNO3S/c1-2-5-11(14(18)19)16-13(17)8-9-20-12-7-4-3-6-10(12)15/h3-4,6-7,11H,2,5,8-9H2,1H3,(H,16,17)(H,18,19)/t11-/m0/s1. The summed E-state index contributed by atoms with van der Waals surface area (Å²) in [7, 11) is 0. The second kappa shape index (κ2) is 8.87. The van der Waals surface area contributed by atoms with E-state index in [-0.39, 0.29) is 12.3 Å². The molecule has 0 radical (unpaired) electrons. The lowest BCUT2D eigenvalue weighted by Gasteiger charge is -2.13. The van der Waals surface area contributed by atoms with Crippen molar-refractivity contribution in [2.75, 3.05) is 5.75 Å². The number of carbonyl (C=O) groups is 2. The van der Waals surface area contributed by atoms with E-state index in [9.17, 15) is 9.59 Å². The highest BCUT2D eigenvalue weighted by molar-refractivity contribution is 7.99. The third-order valence-electron chi connectivity index (χ3n) is 2.63. The number of hydrogen-bond donors (Lipinski definition) is 2. The lowest BCUT2D eigenvalue weighted by Crippen LogP contribution is -2.40. The third-order valence-corrected chi connectivity index (χ3v) is 4.15. The second-order valence-electron chi connectivity index (χ2n) is 4.28. The van der Waals surface area contributed by atoms with Crippen molar-refractivity contribution in [2.24, 2.45) is 0 Å². The number of benzene rings is 1. The Hall–Kier alpha value is -1.20. The number of carboxylic acid groups (broad SMARTS) is 1. The molecule has 0 saturated heterocycles. The zero-order valence-electron chi connectivity index (χ0n) is 11.3. The molecule has 0 fully saturated rings. The van der Waals surface area contributed by atoms with Crippen LogP contribution in [0, 0.1) is 0 Å². The van der Waals surface area contributed by atoms with Crippen LogP contribution in [-0.4, -0.2) is 28.8 Å². The average molecular weight is 316 g/mol. The Morgan fingerprint density at radius 1 is 1.40 bits per heavy atom. The minimum Gasteiger partial charge on any atom is -0.480 e. The van der Waals surface area contributed by atoms with Gasteiger partial charge in [0.25, 0.3) is 0 Å². The maximum absolute atomic E-state index is 11.7. The van der Waals surface area contributed by atoms with E-state index in [1.54, 1.807) is 6.07 Å². The molecule has 1 aromatic rings. The van der Waals surface area contributed by atoms with Gasteiger partial charge in [0, 0.05) is 17.1 Å². The Labute approximate surface area is 127 Å². The molecule has 110 valence electrons. The van der Waals surface area contributed by atoms with E-state index in [0.29, 0.717) is 23.6 Å². The summed E-state index contributed by atoms with van der Waals surface area (Å²) in [6, 6.07) is 6.63. The summed E-state index contributed by atoms with van der Waals surface area (Å²) in [6.45, 7) is 1.88. The van der Waals surface area contributed by atoms with Gasteiger partial charge < -0.3 is 10.4 Å². The predicted molar refractivity (Wildman–Crippen MR) is 81.3 cm³/mol. The van der Waals surface area contributed by atoms with Crippen LogP contribution in [0.5, 0.6) is 0 Å². The number of rotatable bonds is 8. The van der Waals surface area contributed by atoms with Gasteiger partial charge in [-0.05, 0) is 18.6 Å². The van der Waals surface area contributed by atoms with Crippen LogP contribution in [-0.2, 0) is 9.59 Å². The van der Waals surface area contributed by atoms with Crippen LogP contribution in [0.1, 0.15) is 26.2 Å². The van der Waals surface area contributed by atoms with Gasteiger partial charge in [0.1, 0.15) is 6.04 Å². The first-order valence-corrected chi connectivity index (χ1v) is 7.80. The van der Waals surface area contributed by atoms with Gasteiger partial charge in [-0.15, -0.1) is 11.8 Å². The summed E-state index contributed by atoms with van der Waals surface area (Å²) in [5, 5.41) is 12.1. The van der Waals surface area contributed by atoms with Crippen LogP contribution < -0.4 is 5.32 Å². The summed E-state index contributed by atoms with van der Waals surface area (Å²) in [6.07, 6.45) is 1.42. The topological polar surface area (TPSA) is 66.4 Å². The van der Waals surface area contributed by atoms with Gasteiger partial charge in [0.05, 0.1) is 5.02 Å². The number of carboxylic acids is 1. The molecule has 0 bridgehead atoms. The minimum absolute atomic E-state index is 0.245. The molecular weight excluding hydrogens is 298 g/mol. The normalized spacial score (nSPS) is 11.9. The second-order valence-corrected chi connectivity index (χ2v) is 5.82. The van der Waals surface area contributed by atoms with E-state index in [0.717, 1.165) is 4.90 Å². The molecule has 0 unspecified atom stereocenters. The first kappa shape index (κ1) is 16.9. The molecular formula is C14H18ClNO3S. The predicted octanol–water partition coefficient (Wildman–Crippen LogP) is 3.19. The Morgan fingerprint density at radius 2 is 2.10 bits per heavy atom. The molecule has 20 heavy (non-hydrogen) atoms. The van der Waals surface area contributed by atoms with E-state index in [2.05, 4.69) is 5.32 Å². The van der Waals surface area contributed by atoms with Crippen molar-refractivity contribution in [3.8, 4) is 0 Å². The van der Waals surface area contributed by atoms with Crippen LogP contribution in [0.15, 0.2) is 29.2 Å². The van der Waals surface area contributed by atoms with Crippen molar-refractivity contribution in [3.05, 3.63) is 29.3 Å². The van der Waals surface area contributed by atoms with E-state index in [1.807, 2.05) is 25.1 Å². The number of thioether (sulfide) groups is 1. The van der Waals surface area contributed by atoms with Crippen molar-refractivity contribution in [3.63, 3.8) is 0 Å². The van der Waals surface area contributed by atoms with Crippen molar-refractivity contribution < 1.29 is 14.7 Å².